The van der Waals surface area contributed by atoms with Crippen molar-refractivity contribution in [2.45, 2.75) is 32.4 Å². The number of ether oxygens (including phenoxy) is 1. The Morgan fingerprint density at radius 1 is 1.33 bits per heavy atom. The minimum atomic E-state index is -0.866. The van der Waals surface area contributed by atoms with E-state index in [1.54, 1.807) is 11.3 Å². The van der Waals surface area contributed by atoms with E-state index < -0.39 is 5.60 Å². The van der Waals surface area contributed by atoms with Crippen LogP contribution in [0.5, 0.6) is 5.75 Å². The monoisotopic (exact) mass is 305 g/mol. The maximum absolute atomic E-state index is 10.6. The lowest BCUT2D eigenvalue weighted by Crippen LogP contribution is -2.36. The lowest BCUT2D eigenvalue weighted by atomic mass is 9.98. The summed E-state index contributed by atoms with van der Waals surface area (Å²) in [6, 6.07) is 10.1. The molecule has 2 rings (SSSR count). The van der Waals surface area contributed by atoms with E-state index in [9.17, 15) is 5.11 Å². The Labute approximate surface area is 130 Å². The molecule has 0 aliphatic rings. The van der Waals surface area contributed by atoms with Crippen molar-refractivity contribution in [2.24, 2.45) is 0 Å². The van der Waals surface area contributed by atoms with Gasteiger partial charge in [-0.3, -0.25) is 0 Å². The largest absolute Gasteiger partial charge is 0.494 e. The number of nitrogens with one attached hydrogen (secondary N) is 1. The number of thiophene rings is 1. The molecule has 2 N–H and O–H groups in total. The summed E-state index contributed by atoms with van der Waals surface area (Å²) in [6.07, 6.45) is 0. The first-order valence-electron chi connectivity index (χ1n) is 7.24. The van der Waals surface area contributed by atoms with Crippen LogP contribution < -0.4 is 10.1 Å². The molecule has 4 heteroatoms. The highest BCUT2D eigenvalue weighted by atomic mass is 32.1. The Balaban J connectivity index is 2.03. The first-order chi connectivity index (χ1) is 10.0. The van der Waals surface area contributed by atoms with Gasteiger partial charge in [0.15, 0.2) is 0 Å². The number of hydrogen-bond donors (Lipinski definition) is 2. The molecule has 0 radical (unpaired) electrons. The summed E-state index contributed by atoms with van der Waals surface area (Å²) in [7, 11) is 0. The zero-order valence-electron chi connectivity index (χ0n) is 12.8. The Kier molecular flexibility index (Phi) is 5.39. The number of para-hydroxylation sites is 1. The first-order valence-corrected chi connectivity index (χ1v) is 8.19. The van der Waals surface area contributed by atoms with Crippen molar-refractivity contribution in [3.8, 4) is 5.75 Å². The normalized spacial score (nSPS) is 15.4. The van der Waals surface area contributed by atoms with Gasteiger partial charge in [0.05, 0.1) is 6.61 Å². The molecule has 0 bridgehead atoms. The van der Waals surface area contributed by atoms with Crippen molar-refractivity contribution in [2.75, 3.05) is 13.2 Å². The molecule has 1 aromatic carbocycles. The van der Waals surface area contributed by atoms with Crippen LogP contribution in [0.15, 0.2) is 41.1 Å². The summed E-state index contributed by atoms with van der Waals surface area (Å²) in [6.45, 7) is 7.04. The molecule has 0 aliphatic carbocycles. The van der Waals surface area contributed by atoms with E-state index in [1.807, 2.05) is 48.9 Å². The fourth-order valence-corrected chi connectivity index (χ4v) is 3.04. The number of benzene rings is 1. The zero-order chi connectivity index (χ0) is 15.3. The van der Waals surface area contributed by atoms with E-state index >= 15 is 0 Å². The quantitative estimate of drug-likeness (QED) is 0.819. The molecule has 114 valence electrons. The second-order valence-corrected chi connectivity index (χ2v) is 6.14. The van der Waals surface area contributed by atoms with Crippen LogP contribution in [0.25, 0.3) is 0 Å². The third-order valence-electron chi connectivity index (χ3n) is 3.58. The van der Waals surface area contributed by atoms with Gasteiger partial charge < -0.3 is 15.2 Å². The second kappa shape index (κ2) is 7.07. The topological polar surface area (TPSA) is 41.5 Å². The molecule has 3 nitrogen and oxygen atoms in total. The molecule has 1 aromatic heterocycles. The Bertz CT molecular complexity index is 552. The van der Waals surface area contributed by atoms with Gasteiger partial charge in [-0.2, -0.15) is 11.3 Å². The Morgan fingerprint density at radius 3 is 2.76 bits per heavy atom. The van der Waals surface area contributed by atoms with Gasteiger partial charge in [0.1, 0.15) is 11.4 Å². The van der Waals surface area contributed by atoms with Crippen LogP contribution in [0.3, 0.4) is 0 Å². The standard InChI is InChI=1S/C17H23NO2S/c1-4-20-16-8-6-5-7-15(16)13(2)18-12-17(3,19)14-9-10-21-11-14/h5-11,13,18-19H,4,12H2,1-3H3. The average molecular weight is 305 g/mol. The summed E-state index contributed by atoms with van der Waals surface area (Å²) in [5.41, 5.74) is 1.19. The van der Waals surface area contributed by atoms with Crippen molar-refractivity contribution < 1.29 is 9.84 Å². The van der Waals surface area contributed by atoms with Gasteiger partial charge in [-0.25, -0.2) is 0 Å². The summed E-state index contributed by atoms with van der Waals surface area (Å²) in [5.74, 6) is 0.898. The fourth-order valence-electron chi connectivity index (χ4n) is 2.26. The van der Waals surface area contributed by atoms with Crippen LogP contribution in [0.4, 0.5) is 0 Å². The maximum atomic E-state index is 10.6. The lowest BCUT2D eigenvalue weighted by Gasteiger charge is -2.26. The highest BCUT2D eigenvalue weighted by Crippen LogP contribution is 2.27. The Morgan fingerprint density at radius 2 is 2.10 bits per heavy atom. The van der Waals surface area contributed by atoms with Crippen LogP contribution in [0.1, 0.15) is 37.9 Å². The van der Waals surface area contributed by atoms with Crippen molar-refractivity contribution >= 4 is 11.3 Å². The molecule has 0 fully saturated rings. The molecular weight excluding hydrogens is 282 g/mol. The molecule has 2 atom stereocenters. The third-order valence-corrected chi connectivity index (χ3v) is 4.26. The van der Waals surface area contributed by atoms with Crippen molar-refractivity contribution in [1.82, 2.24) is 5.32 Å². The molecule has 21 heavy (non-hydrogen) atoms. The summed E-state index contributed by atoms with van der Waals surface area (Å²) < 4.78 is 5.66. The summed E-state index contributed by atoms with van der Waals surface area (Å²) >= 11 is 1.60. The molecule has 0 amide bonds. The summed E-state index contributed by atoms with van der Waals surface area (Å²) in [5, 5.41) is 17.9. The van der Waals surface area contributed by atoms with Crippen LogP contribution >= 0.6 is 11.3 Å². The van der Waals surface area contributed by atoms with Crippen LogP contribution in [-0.4, -0.2) is 18.3 Å². The predicted octanol–water partition coefficient (Wildman–Crippen LogP) is 3.71. The SMILES string of the molecule is CCOc1ccccc1C(C)NCC(C)(O)c1ccsc1. The lowest BCUT2D eigenvalue weighted by molar-refractivity contribution is 0.0547. The number of aliphatic hydroxyl groups is 1. The minimum absolute atomic E-state index is 0.109. The van der Waals surface area contributed by atoms with E-state index in [1.165, 1.54) is 0 Å². The molecule has 2 unspecified atom stereocenters. The van der Waals surface area contributed by atoms with Gasteiger partial charge >= 0.3 is 0 Å². The molecular formula is C17H23NO2S. The molecule has 0 saturated carbocycles. The van der Waals surface area contributed by atoms with Crippen molar-refractivity contribution in [3.63, 3.8) is 0 Å². The van der Waals surface area contributed by atoms with Crippen LogP contribution in [0.2, 0.25) is 0 Å². The van der Waals surface area contributed by atoms with Gasteiger partial charge in [-0.1, -0.05) is 18.2 Å². The van der Waals surface area contributed by atoms with Gasteiger partial charge in [0.25, 0.3) is 0 Å². The molecule has 1 heterocycles. The number of rotatable bonds is 7. The van der Waals surface area contributed by atoms with Crippen molar-refractivity contribution in [1.29, 1.82) is 0 Å². The van der Waals surface area contributed by atoms with E-state index in [2.05, 4.69) is 18.3 Å². The van der Waals surface area contributed by atoms with Crippen LogP contribution in [-0.2, 0) is 5.60 Å². The van der Waals surface area contributed by atoms with Crippen LogP contribution in [0, 0.1) is 0 Å². The molecule has 0 aliphatic heterocycles. The smallest absolute Gasteiger partial charge is 0.124 e. The van der Waals surface area contributed by atoms with Crippen molar-refractivity contribution in [3.05, 3.63) is 52.2 Å². The van der Waals surface area contributed by atoms with E-state index in [0.717, 1.165) is 16.9 Å². The van der Waals surface area contributed by atoms with E-state index in [-0.39, 0.29) is 6.04 Å². The maximum Gasteiger partial charge on any atom is 0.124 e. The van der Waals surface area contributed by atoms with E-state index in [4.69, 9.17) is 4.74 Å². The highest BCUT2D eigenvalue weighted by Gasteiger charge is 2.24. The molecule has 0 spiro atoms. The minimum Gasteiger partial charge on any atom is -0.494 e. The van der Waals surface area contributed by atoms with Gasteiger partial charge in [-0.15, -0.1) is 0 Å². The van der Waals surface area contributed by atoms with Gasteiger partial charge in [0, 0.05) is 18.2 Å². The fraction of sp³-hybridized carbons (Fsp3) is 0.412. The molecule has 2 aromatic rings. The Hall–Kier alpha value is -1.36. The summed E-state index contributed by atoms with van der Waals surface area (Å²) in [4.78, 5) is 0. The highest BCUT2D eigenvalue weighted by molar-refractivity contribution is 7.08. The zero-order valence-corrected chi connectivity index (χ0v) is 13.6. The first kappa shape index (κ1) is 16.0. The number of hydrogen-bond acceptors (Lipinski definition) is 4. The van der Waals surface area contributed by atoms with E-state index in [0.29, 0.717) is 13.2 Å². The predicted molar refractivity (Wildman–Crippen MR) is 87.9 cm³/mol. The van der Waals surface area contributed by atoms with Gasteiger partial charge in [0.2, 0.25) is 0 Å². The third kappa shape index (κ3) is 4.06. The van der Waals surface area contributed by atoms with Gasteiger partial charge in [-0.05, 0) is 49.2 Å². The second-order valence-electron chi connectivity index (χ2n) is 5.36. The molecule has 0 saturated heterocycles. The average Bonchev–Trinajstić information content (AvgIpc) is 3.01.